The molecule has 0 aliphatic rings. The minimum atomic E-state index is -3.33. The highest BCUT2D eigenvalue weighted by atomic mass is 79.9. The SMILES string of the molecule is CS(=O)(=O)c1cccc2[nH]c(-c3ccc(Cl)c(Br)c3)nc12. The third-order valence-electron chi connectivity index (χ3n) is 3.07. The quantitative estimate of drug-likeness (QED) is 0.724. The largest absolute Gasteiger partial charge is 0.338 e. The van der Waals surface area contributed by atoms with E-state index in [1.807, 2.05) is 12.1 Å². The highest BCUT2D eigenvalue weighted by Crippen LogP contribution is 2.30. The van der Waals surface area contributed by atoms with Crippen molar-refractivity contribution in [2.24, 2.45) is 0 Å². The van der Waals surface area contributed by atoms with E-state index in [0.29, 0.717) is 21.9 Å². The second-order valence-electron chi connectivity index (χ2n) is 4.64. The topological polar surface area (TPSA) is 62.8 Å². The Bertz CT molecular complexity index is 951. The van der Waals surface area contributed by atoms with Gasteiger partial charge in [0.05, 0.1) is 15.4 Å². The first-order valence-electron chi connectivity index (χ1n) is 6.00. The van der Waals surface area contributed by atoms with Crippen LogP contribution >= 0.6 is 27.5 Å². The molecule has 0 fully saturated rings. The zero-order valence-electron chi connectivity index (χ0n) is 10.9. The standard InChI is InChI=1S/C14H10BrClN2O2S/c1-21(19,20)12-4-2-3-11-13(12)18-14(17-11)8-5-6-10(16)9(15)7-8/h2-7H,1H3,(H,17,18). The summed E-state index contributed by atoms with van der Waals surface area (Å²) in [5, 5.41) is 0.603. The number of aromatic nitrogens is 2. The van der Waals surface area contributed by atoms with Crippen LogP contribution < -0.4 is 0 Å². The third kappa shape index (κ3) is 2.71. The maximum absolute atomic E-state index is 11.8. The molecule has 4 nitrogen and oxygen atoms in total. The van der Waals surface area contributed by atoms with Gasteiger partial charge in [-0.3, -0.25) is 0 Å². The van der Waals surface area contributed by atoms with Crippen molar-refractivity contribution in [3.63, 3.8) is 0 Å². The number of H-pyrrole nitrogens is 1. The fraction of sp³-hybridized carbons (Fsp3) is 0.0714. The second kappa shape index (κ2) is 5.12. The number of aromatic amines is 1. The van der Waals surface area contributed by atoms with Crippen LogP contribution in [0.3, 0.4) is 0 Å². The lowest BCUT2D eigenvalue weighted by molar-refractivity contribution is 0.602. The van der Waals surface area contributed by atoms with Crippen molar-refractivity contribution in [2.75, 3.05) is 6.26 Å². The Kier molecular flexibility index (Phi) is 3.55. The van der Waals surface area contributed by atoms with Crippen LogP contribution in [0, 0.1) is 0 Å². The van der Waals surface area contributed by atoms with Crippen molar-refractivity contribution in [3.8, 4) is 11.4 Å². The van der Waals surface area contributed by atoms with Crippen LogP contribution in [0.5, 0.6) is 0 Å². The molecule has 0 spiro atoms. The van der Waals surface area contributed by atoms with Crippen LogP contribution in [0.25, 0.3) is 22.4 Å². The number of sulfone groups is 1. The Balaban J connectivity index is 2.24. The van der Waals surface area contributed by atoms with E-state index in [-0.39, 0.29) is 4.90 Å². The zero-order chi connectivity index (χ0) is 15.2. The first-order chi connectivity index (χ1) is 9.86. The molecule has 7 heteroatoms. The number of fused-ring (bicyclic) bond motifs is 1. The van der Waals surface area contributed by atoms with Gasteiger partial charge in [0.1, 0.15) is 11.3 Å². The average molecular weight is 386 g/mol. The van der Waals surface area contributed by atoms with Crippen molar-refractivity contribution < 1.29 is 8.42 Å². The Morgan fingerprint density at radius 3 is 2.67 bits per heavy atom. The Labute approximate surface area is 135 Å². The maximum atomic E-state index is 11.8. The van der Waals surface area contributed by atoms with Gasteiger partial charge in [0.2, 0.25) is 0 Å². The van der Waals surface area contributed by atoms with Crippen molar-refractivity contribution in [1.29, 1.82) is 0 Å². The minimum absolute atomic E-state index is 0.218. The van der Waals surface area contributed by atoms with Gasteiger partial charge in [0.15, 0.2) is 9.84 Å². The number of nitrogens with one attached hydrogen (secondary N) is 1. The third-order valence-corrected chi connectivity index (χ3v) is 5.41. The lowest BCUT2D eigenvalue weighted by Crippen LogP contribution is -1.97. The van der Waals surface area contributed by atoms with Gasteiger partial charge in [-0.2, -0.15) is 0 Å². The van der Waals surface area contributed by atoms with Crippen molar-refractivity contribution in [3.05, 3.63) is 45.9 Å². The van der Waals surface area contributed by atoms with Crippen molar-refractivity contribution >= 4 is 48.4 Å². The normalized spacial score (nSPS) is 12.0. The Hall–Kier alpha value is -1.37. The molecule has 108 valence electrons. The summed E-state index contributed by atoms with van der Waals surface area (Å²) >= 11 is 9.34. The van der Waals surface area contributed by atoms with Gasteiger partial charge in [0, 0.05) is 16.3 Å². The molecule has 1 N–H and O–H groups in total. The number of imidazole rings is 1. The van der Waals surface area contributed by atoms with Crippen LogP contribution in [0.2, 0.25) is 5.02 Å². The van der Waals surface area contributed by atoms with Gasteiger partial charge in [-0.15, -0.1) is 0 Å². The number of benzene rings is 2. The molecule has 3 rings (SSSR count). The molecule has 0 unspecified atom stereocenters. The summed E-state index contributed by atoms with van der Waals surface area (Å²) < 4.78 is 24.4. The van der Waals surface area contributed by atoms with Gasteiger partial charge in [-0.05, 0) is 46.3 Å². The summed E-state index contributed by atoms with van der Waals surface area (Å²) in [4.78, 5) is 7.77. The van der Waals surface area contributed by atoms with Crippen LogP contribution in [0.1, 0.15) is 0 Å². The predicted molar refractivity (Wildman–Crippen MR) is 87.3 cm³/mol. The highest BCUT2D eigenvalue weighted by Gasteiger charge is 2.16. The average Bonchev–Trinajstić information content (AvgIpc) is 2.84. The summed E-state index contributed by atoms with van der Waals surface area (Å²) in [6, 6.07) is 10.5. The summed E-state index contributed by atoms with van der Waals surface area (Å²) in [5.41, 5.74) is 1.95. The highest BCUT2D eigenvalue weighted by molar-refractivity contribution is 9.10. The van der Waals surface area contributed by atoms with E-state index >= 15 is 0 Å². The van der Waals surface area contributed by atoms with Crippen LogP contribution in [-0.2, 0) is 9.84 Å². The van der Waals surface area contributed by atoms with E-state index in [1.165, 1.54) is 6.26 Å². The fourth-order valence-corrected chi connectivity index (χ4v) is 3.41. The van der Waals surface area contributed by atoms with Crippen LogP contribution in [0.15, 0.2) is 45.8 Å². The number of nitrogens with zero attached hydrogens (tertiary/aromatic N) is 1. The number of halogens is 2. The van der Waals surface area contributed by atoms with Gasteiger partial charge in [-0.1, -0.05) is 17.7 Å². The lowest BCUT2D eigenvalue weighted by atomic mass is 10.2. The van der Waals surface area contributed by atoms with Gasteiger partial charge >= 0.3 is 0 Å². The number of rotatable bonds is 2. The molecular weight excluding hydrogens is 376 g/mol. The predicted octanol–water partition coefficient (Wildman–Crippen LogP) is 4.05. The monoisotopic (exact) mass is 384 g/mol. The maximum Gasteiger partial charge on any atom is 0.177 e. The molecule has 0 aliphatic carbocycles. The van der Waals surface area contributed by atoms with Gasteiger partial charge in [0.25, 0.3) is 0 Å². The summed E-state index contributed by atoms with van der Waals surface area (Å²) in [6.45, 7) is 0. The molecule has 1 aromatic heterocycles. The van der Waals surface area contributed by atoms with E-state index in [9.17, 15) is 8.42 Å². The molecule has 0 radical (unpaired) electrons. The Morgan fingerprint density at radius 1 is 1.24 bits per heavy atom. The van der Waals surface area contributed by atoms with Crippen LogP contribution in [0.4, 0.5) is 0 Å². The first-order valence-corrected chi connectivity index (χ1v) is 9.07. The molecular formula is C14H10BrClN2O2S. The Morgan fingerprint density at radius 2 is 2.00 bits per heavy atom. The number of hydrogen-bond donors (Lipinski definition) is 1. The molecule has 21 heavy (non-hydrogen) atoms. The zero-order valence-corrected chi connectivity index (χ0v) is 14.1. The van der Waals surface area contributed by atoms with Gasteiger partial charge in [-0.25, -0.2) is 13.4 Å². The molecule has 0 aliphatic heterocycles. The van der Waals surface area contributed by atoms with Crippen LogP contribution in [-0.4, -0.2) is 24.6 Å². The second-order valence-corrected chi connectivity index (χ2v) is 7.88. The number of para-hydroxylation sites is 1. The summed E-state index contributed by atoms with van der Waals surface area (Å²) in [5.74, 6) is 0.596. The van der Waals surface area contributed by atoms with E-state index in [4.69, 9.17) is 11.6 Å². The van der Waals surface area contributed by atoms with E-state index in [2.05, 4.69) is 25.9 Å². The van der Waals surface area contributed by atoms with Crippen molar-refractivity contribution in [2.45, 2.75) is 4.90 Å². The summed E-state index contributed by atoms with van der Waals surface area (Å²) in [7, 11) is -3.33. The molecule has 0 bridgehead atoms. The molecule has 0 saturated heterocycles. The van der Waals surface area contributed by atoms with E-state index in [0.717, 1.165) is 10.0 Å². The van der Waals surface area contributed by atoms with E-state index in [1.54, 1.807) is 24.3 Å². The van der Waals surface area contributed by atoms with E-state index < -0.39 is 9.84 Å². The lowest BCUT2D eigenvalue weighted by Gasteiger charge is -1.99. The van der Waals surface area contributed by atoms with Gasteiger partial charge < -0.3 is 4.98 Å². The molecule has 0 saturated carbocycles. The molecule has 0 amide bonds. The van der Waals surface area contributed by atoms with Crippen molar-refractivity contribution in [1.82, 2.24) is 9.97 Å². The molecule has 0 atom stereocenters. The first kappa shape index (κ1) is 14.6. The smallest absolute Gasteiger partial charge is 0.177 e. The fourth-order valence-electron chi connectivity index (χ4n) is 2.09. The molecule has 3 aromatic rings. The number of hydrogen-bond acceptors (Lipinski definition) is 3. The molecule has 2 aromatic carbocycles. The summed E-state index contributed by atoms with van der Waals surface area (Å²) in [6.07, 6.45) is 1.18. The molecule has 1 heterocycles. The minimum Gasteiger partial charge on any atom is -0.338 e.